The first-order valence-corrected chi connectivity index (χ1v) is 8.13. The van der Waals surface area contributed by atoms with Gasteiger partial charge >= 0.3 is 0 Å². The lowest BCUT2D eigenvalue weighted by Gasteiger charge is -2.18. The first kappa shape index (κ1) is 16.0. The summed E-state index contributed by atoms with van der Waals surface area (Å²) in [6.45, 7) is 7.67. The summed E-state index contributed by atoms with van der Waals surface area (Å²) in [6.07, 6.45) is 6.02. The number of thiophene rings is 1. The topological polar surface area (TPSA) is 46.3 Å². The van der Waals surface area contributed by atoms with E-state index in [4.69, 9.17) is 5.73 Å². The second kappa shape index (κ2) is 8.20. The molecule has 0 spiro atoms. The molecule has 1 heterocycles. The van der Waals surface area contributed by atoms with Gasteiger partial charge in [0.05, 0.1) is 10.6 Å². The number of nitrogens with zero attached hydrogens (tertiary/aromatic N) is 1. The minimum atomic E-state index is 0.0681. The number of carbonyl (C=O) groups is 1. The Kier molecular flexibility index (Phi) is 6.92. The van der Waals surface area contributed by atoms with E-state index in [1.807, 2.05) is 24.8 Å². The van der Waals surface area contributed by atoms with E-state index >= 15 is 0 Å². The molecule has 0 saturated heterocycles. The average Bonchev–Trinajstić information content (AvgIpc) is 2.77. The maximum absolute atomic E-state index is 12.3. The molecule has 0 radical (unpaired) electrons. The summed E-state index contributed by atoms with van der Waals surface area (Å²) in [5.41, 5.74) is 6.68. The molecule has 0 aliphatic carbocycles. The number of nitrogen functional groups attached to an aromatic ring is 1. The highest BCUT2D eigenvalue weighted by Gasteiger charge is 2.18. The van der Waals surface area contributed by atoms with Gasteiger partial charge in [0, 0.05) is 18.0 Å². The summed E-state index contributed by atoms with van der Waals surface area (Å²) in [5, 5.41) is 0.669. The Morgan fingerprint density at radius 1 is 1.21 bits per heavy atom. The van der Waals surface area contributed by atoms with E-state index in [9.17, 15) is 4.79 Å². The van der Waals surface area contributed by atoms with Crippen molar-refractivity contribution in [2.75, 3.05) is 18.8 Å². The first-order chi connectivity index (χ1) is 9.13. The Morgan fingerprint density at radius 3 is 2.47 bits per heavy atom. The minimum Gasteiger partial charge on any atom is -0.390 e. The van der Waals surface area contributed by atoms with E-state index in [0.717, 1.165) is 19.5 Å². The predicted octanol–water partition coefficient (Wildman–Crippen LogP) is 3.94. The lowest BCUT2D eigenvalue weighted by molar-refractivity contribution is 0.0774. The van der Waals surface area contributed by atoms with Gasteiger partial charge in [0.2, 0.25) is 0 Å². The summed E-state index contributed by atoms with van der Waals surface area (Å²) in [5.74, 6) is 0.0681. The maximum Gasteiger partial charge on any atom is 0.256 e. The molecule has 3 nitrogen and oxygen atoms in total. The molecule has 0 bridgehead atoms. The molecule has 0 aliphatic heterocycles. The van der Waals surface area contributed by atoms with Crippen LogP contribution in [0.15, 0.2) is 6.07 Å². The molecule has 0 unspecified atom stereocenters. The second-order valence-electron chi connectivity index (χ2n) is 4.78. The van der Waals surface area contributed by atoms with E-state index in [1.165, 1.54) is 30.6 Å². The molecule has 0 aromatic carbocycles. The van der Waals surface area contributed by atoms with Gasteiger partial charge in [-0.3, -0.25) is 4.79 Å². The Morgan fingerprint density at radius 2 is 1.89 bits per heavy atom. The smallest absolute Gasteiger partial charge is 0.256 e. The van der Waals surface area contributed by atoms with E-state index < -0.39 is 0 Å². The molecule has 2 N–H and O–H groups in total. The molecular formula is C15H26N2OS. The van der Waals surface area contributed by atoms with Gasteiger partial charge in [-0.1, -0.05) is 26.2 Å². The van der Waals surface area contributed by atoms with Crippen LogP contribution in [0.1, 0.15) is 61.7 Å². The zero-order valence-electron chi connectivity index (χ0n) is 12.4. The van der Waals surface area contributed by atoms with Crippen molar-refractivity contribution >= 4 is 22.2 Å². The maximum atomic E-state index is 12.3. The fourth-order valence-corrected chi connectivity index (χ4v) is 3.12. The van der Waals surface area contributed by atoms with Gasteiger partial charge in [-0.25, -0.2) is 0 Å². The number of carbonyl (C=O) groups excluding carboxylic acids is 1. The summed E-state index contributed by atoms with van der Waals surface area (Å²) in [6, 6.07) is 1.99. The zero-order chi connectivity index (χ0) is 14.3. The van der Waals surface area contributed by atoms with Crippen LogP contribution in [0.4, 0.5) is 5.00 Å². The highest BCUT2D eigenvalue weighted by Crippen LogP contribution is 2.27. The molecule has 108 valence electrons. The quantitative estimate of drug-likeness (QED) is 0.734. The Labute approximate surface area is 120 Å². The van der Waals surface area contributed by atoms with Crippen LogP contribution < -0.4 is 5.73 Å². The van der Waals surface area contributed by atoms with Gasteiger partial charge in [0.1, 0.15) is 0 Å². The van der Waals surface area contributed by atoms with Crippen LogP contribution in [0.2, 0.25) is 0 Å². The summed E-state index contributed by atoms with van der Waals surface area (Å²) in [7, 11) is 0. The largest absolute Gasteiger partial charge is 0.390 e. The van der Waals surface area contributed by atoms with Crippen LogP contribution in [0.5, 0.6) is 0 Å². The van der Waals surface area contributed by atoms with Gasteiger partial charge < -0.3 is 10.6 Å². The molecule has 0 fully saturated rings. The normalized spacial score (nSPS) is 10.7. The predicted molar refractivity (Wildman–Crippen MR) is 83.8 cm³/mol. The third-order valence-corrected chi connectivity index (χ3v) is 4.39. The number of rotatable bonds is 8. The van der Waals surface area contributed by atoms with Crippen molar-refractivity contribution in [2.24, 2.45) is 0 Å². The highest BCUT2D eigenvalue weighted by atomic mass is 32.1. The monoisotopic (exact) mass is 282 g/mol. The van der Waals surface area contributed by atoms with E-state index in [2.05, 4.69) is 6.92 Å². The van der Waals surface area contributed by atoms with Crippen LogP contribution in [0.25, 0.3) is 0 Å². The van der Waals surface area contributed by atoms with Crippen molar-refractivity contribution < 1.29 is 4.79 Å². The Balaban J connectivity index is 2.65. The molecule has 19 heavy (non-hydrogen) atoms. The van der Waals surface area contributed by atoms with Crippen molar-refractivity contribution in [1.82, 2.24) is 4.90 Å². The third-order valence-electron chi connectivity index (χ3n) is 3.37. The number of nitrogens with two attached hydrogens (primary N) is 1. The van der Waals surface area contributed by atoms with Crippen molar-refractivity contribution in [3.8, 4) is 0 Å². The Hall–Kier alpha value is -1.03. The number of aryl methyl sites for hydroxylation is 1. The average molecular weight is 282 g/mol. The molecule has 1 rings (SSSR count). The van der Waals surface area contributed by atoms with Gasteiger partial charge in [-0.15, -0.1) is 11.3 Å². The van der Waals surface area contributed by atoms with Crippen LogP contribution >= 0.6 is 11.3 Å². The molecule has 4 heteroatoms. The van der Waals surface area contributed by atoms with Gasteiger partial charge in [0.15, 0.2) is 0 Å². The van der Waals surface area contributed by atoms with Crippen LogP contribution in [-0.4, -0.2) is 23.9 Å². The second-order valence-corrected chi connectivity index (χ2v) is 5.95. The van der Waals surface area contributed by atoms with Gasteiger partial charge in [-0.2, -0.15) is 0 Å². The molecule has 1 aromatic rings. The van der Waals surface area contributed by atoms with Gasteiger partial charge in [-0.05, 0) is 32.8 Å². The van der Waals surface area contributed by atoms with Crippen molar-refractivity contribution in [3.63, 3.8) is 0 Å². The van der Waals surface area contributed by atoms with Gasteiger partial charge in [0.25, 0.3) is 5.91 Å². The zero-order valence-corrected chi connectivity index (χ0v) is 13.2. The Bertz CT molecular complexity index is 397. The fraction of sp³-hybridized carbons (Fsp3) is 0.667. The van der Waals surface area contributed by atoms with E-state index in [0.29, 0.717) is 10.6 Å². The summed E-state index contributed by atoms with van der Waals surface area (Å²) in [4.78, 5) is 15.3. The minimum absolute atomic E-state index is 0.0681. The molecule has 1 amide bonds. The molecule has 1 aromatic heterocycles. The van der Waals surface area contributed by atoms with Crippen molar-refractivity contribution in [2.45, 2.75) is 52.9 Å². The van der Waals surface area contributed by atoms with Crippen LogP contribution in [0, 0.1) is 0 Å². The third kappa shape index (κ3) is 4.53. The highest BCUT2D eigenvalue weighted by molar-refractivity contribution is 7.16. The SMILES string of the molecule is CCCCCCc1cc(C(=O)N(CC)CC)c(N)s1. The van der Waals surface area contributed by atoms with E-state index in [1.54, 1.807) is 11.3 Å². The number of hydrogen-bond acceptors (Lipinski definition) is 3. The lowest BCUT2D eigenvalue weighted by atomic mass is 10.1. The number of amides is 1. The van der Waals surface area contributed by atoms with Crippen molar-refractivity contribution in [3.05, 3.63) is 16.5 Å². The van der Waals surface area contributed by atoms with Crippen LogP contribution in [0.3, 0.4) is 0 Å². The first-order valence-electron chi connectivity index (χ1n) is 7.31. The van der Waals surface area contributed by atoms with Crippen molar-refractivity contribution in [1.29, 1.82) is 0 Å². The number of unbranched alkanes of at least 4 members (excludes halogenated alkanes) is 3. The molecular weight excluding hydrogens is 256 g/mol. The fourth-order valence-electron chi connectivity index (χ4n) is 2.16. The standard InChI is InChI=1S/C15H26N2OS/c1-4-7-8-9-10-12-11-13(14(16)19-12)15(18)17(5-2)6-3/h11H,4-10,16H2,1-3H3. The molecule has 0 atom stereocenters. The number of anilines is 1. The van der Waals surface area contributed by atoms with Crippen LogP contribution in [-0.2, 0) is 6.42 Å². The summed E-state index contributed by atoms with van der Waals surface area (Å²) < 4.78 is 0. The van der Waals surface area contributed by atoms with E-state index in [-0.39, 0.29) is 5.91 Å². The number of hydrogen-bond donors (Lipinski definition) is 1. The lowest BCUT2D eigenvalue weighted by Crippen LogP contribution is -2.30. The summed E-state index contributed by atoms with van der Waals surface area (Å²) >= 11 is 1.57. The molecule has 0 saturated carbocycles. The molecule has 0 aliphatic rings.